The normalized spacial score (nSPS) is 11.8. The van der Waals surface area contributed by atoms with Crippen molar-refractivity contribution in [2.24, 2.45) is 0 Å². The summed E-state index contributed by atoms with van der Waals surface area (Å²) in [6.07, 6.45) is 0. The number of rotatable bonds is 12. The highest BCUT2D eigenvalue weighted by Gasteiger charge is 2.24. The molecule has 0 unspecified atom stereocenters. The minimum atomic E-state index is 1.14. The highest BCUT2D eigenvalue weighted by atomic mass is 15.0. The van der Waals surface area contributed by atoms with Crippen molar-refractivity contribution >= 4 is 163 Å². The first-order valence-corrected chi connectivity index (χ1v) is 49.6. The number of aromatic nitrogens is 6. The second kappa shape index (κ2) is 34.5. The van der Waals surface area contributed by atoms with Crippen molar-refractivity contribution in [3.05, 3.63) is 546 Å². The molecule has 6 aromatic heterocycles. The molecule has 6 heteroatoms. The quantitative estimate of drug-likeness (QED) is 0.109. The lowest BCUT2D eigenvalue weighted by Gasteiger charge is -2.17. The summed E-state index contributed by atoms with van der Waals surface area (Å²) in [6.45, 7) is 0. The SMILES string of the molecule is c1ccc(-c2ccc(-c3cc(-c4ccc(-n5c6ccccc6c6ccccc65)cc4)cc(-c4ccc(-n5c6ccccc6c6ccccc65)cc4)c3)cc2)cc1.c1ccc2c(c1)cc(-c1cc(-n3c4ccccc4c4ccccc43)cc(-n3c4ccccc4c4ccccc43)c1)c1ccccc12.c1ccc2cc(-c3cc(-n4c5ccccc5c5ccccc54)cc(-n4c5ccccc5c5ccccc54)c3)ccc2c1. The van der Waals surface area contributed by atoms with Gasteiger partial charge in [-0.15, -0.1) is 0 Å². The van der Waals surface area contributed by atoms with Gasteiger partial charge in [0, 0.05) is 98.8 Å². The summed E-state index contributed by atoms with van der Waals surface area (Å²) in [6, 6.07) is 199. The molecule has 6 nitrogen and oxygen atoms in total. The predicted octanol–water partition coefficient (Wildman–Crippen LogP) is 37.1. The minimum absolute atomic E-state index is 1.14. The van der Waals surface area contributed by atoms with Crippen LogP contribution < -0.4 is 0 Å². The van der Waals surface area contributed by atoms with Gasteiger partial charge in [0.25, 0.3) is 0 Å². The van der Waals surface area contributed by atoms with Gasteiger partial charge in [-0.3, -0.25) is 0 Å². The van der Waals surface area contributed by atoms with Gasteiger partial charge in [0.1, 0.15) is 0 Å². The summed E-state index contributed by atoms with van der Waals surface area (Å²) >= 11 is 0. The molecule has 30 aromatic rings. The molecule has 0 aliphatic rings. The van der Waals surface area contributed by atoms with Crippen molar-refractivity contribution in [1.29, 1.82) is 0 Å². The fourth-order valence-electron chi connectivity index (χ4n) is 23.1. The van der Waals surface area contributed by atoms with Crippen LogP contribution in [0.25, 0.3) is 264 Å². The van der Waals surface area contributed by atoms with Crippen LogP contribution >= 0.6 is 0 Å². The van der Waals surface area contributed by atoms with E-state index in [9.17, 15) is 0 Å². The number of hydrogen-bond donors (Lipinski definition) is 0. The lowest BCUT2D eigenvalue weighted by atomic mass is 9.92. The van der Waals surface area contributed by atoms with E-state index in [-0.39, 0.29) is 0 Å². The van der Waals surface area contributed by atoms with Crippen molar-refractivity contribution in [2.75, 3.05) is 0 Å². The third-order valence-corrected chi connectivity index (χ3v) is 29.7. The summed E-state index contributed by atoms with van der Waals surface area (Å²) in [5.41, 5.74) is 35.8. The Kier molecular flexibility index (Phi) is 19.9. The number of nitrogens with zero attached hydrogens (tertiary/aromatic N) is 6. The molecule has 6 heterocycles. The third kappa shape index (κ3) is 14.0. The molecule has 0 bridgehead atoms. The number of hydrogen-bond acceptors (Lipinski definition) is 0. The van der Waals surface area contributed by atoms with Crippen molar-refractivity contribution < 1.29 is 0 Å². The van der Waals surface area contributed by atoms with Crippen LogP contribution in [0, 0.1) is 0 Å². The third-order valence-electron chi connectivity index (χ3n) is 29.7. The molecule has 672 valence electrons. The van der Waals surface area contributed by atoms with Gasteiger partial charge in [0.15, 0.2) is 0 Å². The van der Waals surface area contributed by atoms with Crippen molar-refractivity contribution in [2.45, 2.75) is 0 Å². The second-order valence-electron chi connectivity index (χ2n) is 37.8. The maximum atomic E-state index is 2.44. The van der Waals surface area contributed by atoms with Gasteiger partial charge < -0.3 is 27.4 Å². The van der Waals surface area contributed by atoms with E-state index >= 15 is 0 Å². The van der Waals surface area contributed by atoms with Gasteiger partial charge in [-0.1, -0.05) is 382 Å². The van der Waals surface area contributed by atoms with Gasteiger partial charge >= 0.3 is 0 Å². The fourth-order valence-corrected chi connectivity index (χ4v) is 23.1. The van der Waals surface area contributed by atoms with Crippen LogP contribution in [0.15, 0.2) is 546 Å². The first kappa shape index (κ1) is 83.1. The maximum Gasteiger partial charge on any atom is 0.0541 e. The van der Waals surface area contributed by atoms with Crippen LogP contribution in [0.3, 0.4) is 0 Å². The zero-order valence-corrected chi connectivity index (χ0v) is 78.6. The number of benzene rings is 24. The molecule has 0 radical (unpaired) electrons. The van der Waals surface area contributed by atoms with Gasteiger partial charge in [-0.25, -0.2) is 0 Å². The van der Waals surface area contributed by atoms with E-state index in [0.29, 0.717) is 0 Å². The molecule has 0 aliphatic heterocycles. The molecular formula is C138H90N6. The van der Waals surface area contributed by atoms with E-state index in [4.69, 9.17) is 0 Å². The van der Waals surface area contributed by atoms with Gasteiger partial charge in [-0.05, 0) is 263 Å². The topological polar surface area (TPSA) is 29.6 Å². The molecule has 0 spiro atoms. The van der Waals surface area contributed by atoms with Crippen LogP contribution in [-0.2, 0) is 0 Å². The molecule has 0 saturated heterocycles. The molecule has 30 rings (SSSR count). The average molecular weight is 1830 g/mol. The summed E-state index contributed by atoms with van der Waals surface area (Å²) < 4.78 is 14.5. The summed E-state index contributed by atoms with van der Waals surface area (Å²) in [5.74, 6) is 0. The van der Waals surface area contributed by atoms with E-state index in [2.05, 4.69) is 573 Å². The smallest absolute Gasteiger partial charge is 0.0541 e. The lowest BCUT2D eigenvalue weighted by Crippen LogP contribution is -2.00. The zero-order chi connectivity index (χ0) is 94.8. The molecule has 0 amide bonds. The Bertz CT molecular complexity index is 9590. The number of para-hydroxylation sites is 12. The van der Waals surface area contributed by atoms with Crippen LogP contribution in [0.2, 0.25) is 0 Å². The predicted molar refractivity (Wildman–Crippen MR) is 610 cm³/mol. The lowest BCUT2D eigenvalue weighted by molar-refractivity contribution is 1.13. The van der Waals surface area contributed by atoms with Crippen molar-refractivity contribution in [3.8, 4) is 101 Å². The second-order valence-corrected chi connectivity index (χ2v) is 37.8. The van der Waals surface area contributed by atoms with Crippen LogP contribution in [-0.4, -0.2) is 27.4 Å². The van der Waals surface area contributed by atoms with Crippen LogP contribution in [0.4, 0.5) is 0 Å². The molecule has 0 fully saturated rings. The Balaban J connectivity index is 0.000000106. The first-order valence-electron chi connectivity index (χ1n) is 49.6. The molecule has 144 heavy (non-hydrogen) atoms. The van der Waals surface area contributed by atoms with E-state index in [1.54, 1.807) is 0 Å². The molecule has 0 atom stereocenters. The molecule has 24 aromatic carbocycles. The molecular weight excluding hydrogens is 1740 g/mol. The van der Waals surface area contributed by atoms with Gasteiger partial charge in [0.2, 0.25) is 0 Å². The van der Waals surface area contributed by atoms with E-state index in [1.807, 2.05) is 0 Å². The van der Waals surface area contributed by atoms with E-state index in [1.165, 1.54) is 230 Å². The average Bonchev–Trinajstić information content (AvgIpc) is 1.50. The standard InChI is InChI=1S/C54H36N2.C44H28N2.C40H26N2/c1-2-12-37(13-3-1)38-22-24-39(25-23-38)42-34-43(40-26-30-45(31-27-40)55-51-18-8-4-14-47(51)48-15-5-9-19-52(48)55)36-44(35-42)41-28-32-46(33-29-41)56-53-20-10-6-16-49(53)50-17-7-11-21-54(50)56;1-2-14-33-29(13-1)27-40(35-16-4-3-15-34(33)35)30-25-31(45-41-21-9-5-17-36(41)37-18-6-10-22-42(37)45)28-32(26-30)46-43-23-11-7-19-38(43)39-20-8-12-24-44(39)46;1-2-12-28-23-29(22-21-27(28)11-1)30-24-31(41-37-17-7-3-13-33(37)34-14-4-8-18-38(34)41)26-32(25-30)42-39-19-9-5-15-35(39)36-16-6-10-20-40(36)42/h1-36H;1-28H;1-26H. The van der Waals surface area contributed by atoms with Crippen molar-refractivity contribution in [3.63, 3.8) is 0 Å². The number of fused-ring (bicyclic) bond motifs is 22. The largest absolute Gasteiger partial charge is 0.309 e. The monoisotopic (exact) mass is 1830 g/mol. The highest BCUT2D eigenvalue weighted by molar-refractivity contribution is 6.18. The van der Waals surface area contributed by atoms with Gasteiger partial charge in [-0.2, -0.15) is 0 Å². The molecule has 0 saturated carbocycles. The fraction of sp³-hybridized carbons (Fsp3) is 0. The van der Waals surface area contributed by atoms with Crippen molar-refractivity contribution in [1.82, 2.24) is 27.4 Å². The summed E-state index contributed by atoms with van der Waals surface area (Å²) in [4.78, 5) is 0. The summed E-state index contributed by atoms with van der Waals surface area (Å²) in [5, 5.41) is 22.8. The Morgan fingerprint density at radius 3 is 0.611 bits per heavy atom. The Labute approximate surface area is 831 Å². The zero-order valence-electron chi connectivity index (χ0n) is 78.6. The van der Waals surface area contributed by atoms with Gasteiger partial charge in [0.05, 0.1) is 66.2 Å². The first-order chi connectivity index (χ1) is 71.4. The highest BCUT2D eigenvalue weighted by Crippen LogP contribution is 2.46. The Hall–Kier alpha value is -19.1. The van der Waals surface area contributed by atoms with Crippen LogP contribution in [0.1, 0.15) is 0 Å². The maximum absolute atomic E-state index is 2.44. The Morgan fingerprint density at radius 1 is 0.0903 bits per heavy atom. The van der Waals surface area contributed by atoms with E-state index < -0.39 is 0 Å². The van der Waals surface area contributed by atoms with E-state index in [0.717, 1.165) is 34.1 Å². The summed E-state index contributed by atoms with van der Waals surface area (Å²) in [7, 11) is 0. The molecule has 0 aliphatic carbocycles. The molecule has 0 N–H and O–H groups in total. The van der Waals surface area contributed by atoms with Crippen LogP contribution in [0.5, 0.6) is 0 Å². The minimum Gasteiger partial charge on any atom is -0.309 e. The Morgan fingerprint density at radius 2 is 0.299 bits per heavy atom.